The fourth-order valence-corrected chi connectivity index (χ4v) is 3.51. The van der Waals surface area contributed by atoms with Gasteiger partial charge in [0.05, 0.1) is 0 Å². The molecule has 1 aliphatic rings. The first-order valence-corrected chi connectivity index (χ1v) is 11.2. The molecular formula is C18H34OSi. The van der Waals surface area contributed by atoms with E-state index in [1.807, 2.05) is 0 Å². The van der Waals surface area contributed by atoms with Crippen molar-refractivity contribution in [2.24, 2.45) is 0 Å². The summed E-state index contributed by atoms with van der Waals surface area (Å²) in [6, 6.07) is 0. The monoisotopic (exact) mass is 294 g/mol. The molecule has 0 aromatic rings. The molecule has 1 rings (SSSR count). The Hall–Kier alpha value is -0.343. The van der Waals surface area contributed by atoms with Gasteiger partial charge < -0.3 is 4.43 Å². The minimum Gasteiger partial charge on any atom is -0.417 e. The van der Waals surface area contributed by atoms with Gasteiger partial charge in [-0.1, -0.05) is 32.9 Å². The maximum Gasteiger partial charge on any atom is 0.191 e. The first-order valence-electron chi connectivity index (χ1n) is 8.26. The first-order chi connectivity index (χ1) is 9.28. The summed E-state index contributed by atoms with van der Waals surface area (Å²) in [5.41, 5.74) is 3.19. The Balaban J connectivity index is 2.22. The minimum absolute atomic E-state index is 0.333. The number of hydrogen-bond acceptors (Lipinski definition) is 1. The van der Waals surface area contributed by atoms with Crippen LogP contribution >= 0.6 is 0 Å². The fraction of sp³-hybridized carbons (Fsp3) is 0.778. The Labute approximate surface area is 127 Å². The van der Waals surface area contributed by atoms with Crippen LogP contribution in [-0.4, -0.2) is 14.9 Å². The highest BCUT2D eigenvalue weighted by Gasteiger charge is 2.36. The summed E-state index contributed by atoms with van der Waals surface area (Å²) in [7, 11) is -1.53. The third-order valence-electron chi connectivity index (χ3n) is 4.91. The van der Waals surface area contributed by atoms with Gasteiger partial charge in [-0.05, 0) is 74.7 Å². The van der Waals surface area contributed by atoms with E-state index in [0.29, 0.717) is 5.04 Å². The van der Waals surface area contributed by atoms with Crippen molar-refractivity contribution in [1.82, 2.24) is 0 Å². The molecule has 1 fully saturated rings. The molecule has 1 nitrogen and oxygen atoms in total. The lowest BCUT2D eigenvalue weighted by Gasteiger charge is -2.36. The van der Waals surface area contributed by atoms with E-state index in [1.54, 1.807) is 11.1 Å². The quantitative estimate of drug-likeness (QED) is 0.416. The average molecular weight is 295 g/mol. The van der Waals surface area contributed by atoms with Gasteiger partial charge in [0.2, 0.25) is 0 Å². The van der Waals surface area contributed by atoms with E-state index < -0.39 is 8.32 Å². The molecule has 0 aromatic heterocycles. The summed E-state index contributed by atoms with van der Waals surface area (Å²) in [6.07, 6.45) is 12.4. The topological polar surface area (TPSA) is 9.23 Å². The molecule has 0 atom stereocenters. The van der Waals surface area contributed by atoms with Crippen LogP contribution in [0, 0.1) is 0 Å². The van der Waals surface area contributed by atoms with Crippen LogP contribution in [-0.2, 0) is 4.43 Å². The lowest BCUT2D eigenvalue weighted by atomic mass is 10.1. The van der Waals surface area contributed by atoms with Crippen LogP contribution < -0.4 is 0 Å². The van der Waals surface area contributed by atoms with Gasteiger partial charge in [0.25, 0.3) is 0 Å². The van der Waals surface area contributed by atoms with Gasteiger partial charge in [0.15, 0.2) is 8.32 Å². The fourth-order valence-electron chi connectivity index (χ4n) is 2.42. The van der Waals surface area contributed by atoms with Gasteiger partial charge >= 0.3 is 0 Å². The van der Waals surface area contributed by atoms with Gasteiger partial charge in [-0.15, -0.1) is 0 Å². The Morgan fingerprint density at radius 1 is 1.10 bits per heavy atom. The molecule has 0 aromatic carbocycles. The van der Waals surface area contributed by atoms with Crippen molar-refractivity contribution < 1.29 is 4.43 Å². The number of allylic oxidation sites excluding steroid dienone is 4. The Morgan fingerprint density at radius 3 is 2.35 bits per heavy atom. The van der Waals surface area contributed by atoms with E-state index in [0.717, 1.165) is 6.61 Å². The second-order valence-corrected chi connectivity index (χ2v) is 12.3. The molecular weight excluding hydrogens is 260 g/mol. The highest BCUT2D eigenvalue weighted by atomic mass is 28.4. The van der Waals surface area contributed by atoms with Crippen LogP contribution in [0.4, 0.5) is 0 Å². The third-order valence-corrected chi connectivity index (χ3v) is 9.45. The zero-order valence-electron chi connectivity index (χ0n) is 14.5. The lowest BCUT2D eigenvalue weighted by molar-refractivity contribution is 0.279. The van der Waals surface area contributed by atoms with Crippen molar-refractivity contribution in [3.63, 3.8) is 0 Å². The van der Waals surface area contributed by atoms with Gasteiger partial charge in [0.1, 0.15) is 0 Å². The van der Waals surface area contributed by atoms with E-state index in [2.05, 4.69) is 52.9 Å². The van der Waals surface area contributed by atoms with E-state index >= 15 is 0 Å². The molecule has 20 heavy (non-hydrogen) atoms. The van der Waals surface area contributed by atoms with Crippen molar-refractivity contribution in [2.75, 3.05) is 6.61 Å². The molecule has 0 aliphatic heterocycles. The van der Waals surface area contributed by atoms with E-state index in [4.69, 9.17) is 4.43 Å². The largest absolute Gasteiger partial charge is 0.417 e. The predicted molar refractivity (Wildman–Crippen MR) is 92.7 cm³/mol. The summed E-state index contributed by atoms with van der Waals surface area (Å²) in [5, 5.41) is 0.333. The molecule has 0 saturated heterocycles. The third kappa shape index (κ3) is 5.21. The number of unbranched alkanes of at least 4 members (excludes halogenated alkanes) is 2. The molecule has 0 radical (unpaired) electrons. The molecule has 2 heteroatoms. The Morgan fingerprint density at radius 2 is 1.75 bits per heavy atom. The van der Waals surface area contributed by atoms with Crippen molar-refractivity contribution in [2.45, 2.75) is 84.4 Å². The van der Waals surface area contributed by atoms with E-state index in [-0.39, 0.29) is 0 Å². The lowest BCUT2D eigenvalue weighted by Crippen LogP contribution is -2.40. The molecule has 0 N–H and O–H groups in total. The van der Waals surface area contributed by atoms with Gasteiger partial charge in [0, 0.05) is 6.61 Å². The van der Waals surface area contributed by atoms with Crippen molar-refractivity contribution >= 4 is 8.32 Å². The van der Waals surface area contributed by atoms with E-state index in [9.17, 15) is 0 Å². The smallest absolute Gasteiger partial charge is 0.191 e. The molecule has 0 amide bonds. The van der Waals surface area contributed by atoms with Gasteiger partial charge in [-0.2, -0.15) is 0 Å². The van der Waals surface area contributed by atoms with Gasteiger partial charge in [-0.3, -0.25) is 0 Å². The summed E-state index contributed by atoms with van der Waals surface area (Å²) < 4.78 is 6.22. The molecule has 0 spiro atoms. The molecule has 1 aliphatic carbocycles. The predicted octanol–water partition coefficient (Wildman–Crippen LogP) is 6.24. The summed E-state index contributed by atoms with van der Waals surface area (Å²) in [4.78, 5) is 0. The first kappa shape index (κ1) is 17.7. The minimum atomic E-state index is -1.53. The molecule has 0 heterocycles. The van der Waals surface area contributed by atoms with Crippen molar-refractivity contribution in [3.8, 4) is 0 Å². The van der Waals surface area contributed by atoms with Crippen LogP contribution in [0.1, 0.15) is 66.2 Å². The standard InChI is InChI=1S/C18H34OSi/c1-7-16-13-11-14-17(16)12-9-8-10-15-19-20(5,6)18(2,3)4/h7,12H,8-11,13-15H2,1-6H3/b16-7+,17-12+. The van der Waals surface area contributed by atoms with Crippen molar-refractivity contribution in [3.05, 3.63) is 23.3 Å². The molecule has 1 saturated carbocycles. The maximum absolute atomic E-state index is 6.22. The highest BCUT2D eigenvalue weighted by molar-refractivity contribution is 6.74. The van der Waals surface area contributed by atoms with Crippen molar-refractivity contribution in [1.29, 1.82) is 0 Å². The number of hydrogen-bond donors (Lipinski definition) is 0. The second-order valence-electron chi connectivity index (χ2n) is 7.50. The van der Waals surface area contributed by atoms with E-state index in [1.165, 1.54) is 38.5 Å². The van der Waals surface area contributed by atoms with Crippen LogP contribution in [0.3, 0.4) is 0 Å². The Kier molecular flexibility index (Phi) is 6.73. The van der Waals surface area contributed by atoms with Crippen LogP contribution in [0.2, 0.25) is 18.1 Å². The Bertz CT molecular complexity index is 358. The van der Waals surface area contributed by atoms with Gasteiger partial charge in [-0.25, -0.2) is 0 Å². The highest BCUT2D eigenvalue weighted by Crippen LogP contribution is 2.36. The zero-order valence-corrected chi connectivity index (χ0v) is 15.5. The summed E-state index contributed by atoms with van der Waals surface area (Å²) >= 11 is 0. The molecule has 116 valence electrons. The average Bonchev–Trinajstić information content (AvgIpc) is 2.79. The van der Waals surface area contributed by atoms with Crippen LogP contribution in [0.5, 0.6) is 0 Å². The van der Waals surface area contributed by atoms with Crippen LogP contribution in [0.15, 0.2) is 23.3 Å². The molecule has 0 unspecified atom stereocenters. The zero-order chi connectivity index (χ0) is 15.2. The maximum atomic E-state index is 6.22. The SMILES string of the molecule is C/C=C1\CCC\C1=C/CCCCO[Si](C)(C)C(C)(C)C. The normalized spacial score (nSPS) is 21.1. The number of rotatable bonds is 6. The summed E-state index contributed by atoms with van der Waals surface area (Å²) in [5.74, 6) is 0. The van der Waals surface area contributed by atoms with Crippen LogP contribution in [0.25, 0.3) is 0 Å². The molecule has 0 bridgehead atoms. The summed E-state index contributed by atoms with van der Waals surface area (Å²) in [6.45, 7) is 14.7. The second kappa shape index (κ2) is 7.60.